The standard InChI is InChI=1S/C19H29N3O4S.ClH/c1-15-3-4-16(2)17(13-15)27(24,25)22-9-7-21(8-10-22)18(23)19(14-20)5-11-26-12-6-19;/h3-4,13H,5-12,14,20H2,1-2H3;1H. The molecule has 2 fully saturated rings. The molecule has 7 nitrogen and oxygen atoms in total. The molecule has 2 aliphatic rings. The predicted octanol–water partition coefficient (Wildman–Crippen LogP) is 1.31. The van der Waals surface area contributed by atoms with Crippen LogP contribution in [0.15, 0.2) is 23.1 Å². The Morgan fingerprint density at radius 1 is 1.14 bits per heavy atom. The minimum absolute atomic E-state index is 0. The first kappa shape index (κ1) is 23.1. The summed E-state index contributed by atoms with van der Waals surface area (Å²) in [7, 11) is -3.56. The van der Waals surface area contributed by atoms with E-state index in [1.807, 2.05) is 26.0 Å². The Kier molecular flexibility index (Phi) is 7.50. The average Bonchev–Trinajstić information content (AvgIpc) is 2.69. The van der Waals surface area contributed by atoms with Gasteiger partial charge in [0.2, 0.25) is 15.9 Å². The number of aryl methyl sites for hydroxylation is 2. The summed E-state index contributed by atoms with van der Waals surface area (Å²) in [6, 6.07) is 5.46. The van der Waals surface area contributed by atoms with Crippen molar-refractivity contribution in [3.05, 3.63) is 29.3 Å². The van der Waals surface area contributed by atoms with Crippen LogP contribution in [0.2, 0.25) is 0 Å². The first-order chi connectivity index (χ1) is 12.8. The van der Waals surface area contributed by atoms with Gasteiger partial charge in [-0.05, 0) is 43.9 Å². The molecule has 2 N–H and O–H groups in total. The maximum Gasteiger partial charge on any atom is 0.243 e. The molecular formula is C19H30ClN3O4S. The lowest BCUT2D eigenvalue weighted by Gasteiger charge is -2.42. The average molecular weight is 432 g/mol. The lowest BCUT2D eigenvalue weighted by molar-refractivity contribution is -0.148. The van der Waals surface area contributed by atoms with Crippen LogP contribution in [-0.2, 0) is 19.6 Å². The summed E-state index contributed by atoms with van der Waals surface area (Å²) in [6.45, 7) is 6.48. The molecule has 2 heterocycles. The van der Waals surface area contributed by atoms with Gasteiger partial charge in [0.1, 0.15) is 0 Å². The Balaban J connectivity index is 0.00000280. The number of hydrogen-bond acceptors (Lipinski definition) is 5. The molecule has 0 unspecified atom stereocenters. The quantitative estimate of drug-likeness (QED) is 0.775. The molecule has 0 saturated carbocycles. The van der Waals surface area contributed by atoms with Crippen LogP contribution < -0.4 is 5.73 Å². The monoisotopic (exact) mass is 431 g/mol. The molecule has 28 heavy (non-hydrogen) atoms. The summed E-state index contributed by atoms with van der Waals surface area (Å²) in [4.78, 5) is 15.2. The third-order valence-electron chi connectivity index (χ3n) is 5.78. The van der Waals surface area contributed by atoms with E-state index in [1.54, 1.807) is 11.0 Å². The zero-order valence-corrected chi connectivity index (χ0v) is 18.2. The van der Waals surface area contributed by atoms with Crippen LogP contribution in [0.5, 0.6) is 0 Å². The van der Waals surface area contributed by atoms with E-state index < -0.39 is 15.4 Å². The number of amides is 1. The highest BCUT2D eigenvalue weighted by molar-refractivity contribution is 7.89. The second-order valence-corrected chi connectivity index (χ2v) is 9.47. The van der Waals surface area contributed by atoms with Crippen LogP contribution in [0.1, 0.15) is 24.0 Å². The van der Waals surface area contributed by atoms with Crippen LogP contribution in [0.25, 0.3) is 0 Å². The van der Waals surface area contributed by atoms with Gasteiger partial charge in [0.25, 0.3) is 0 Å². The molecule has 1 aromatic rings. The summed E-state index contributed by atoms with van der Waals surface area (Å²) in [5.41, 5.74) is 7.03. The van der Waals surface area contributed by atoms with Crippen LogP contribution in [0.4, 0.5) is 0 Å². The second-order valence-electron chi connectivity index (χ2n) is 7.56. The number of carbonyl (C=O) groups excluding carboxylic acids is 1. The van der Waals surface area contributed by atoms with E-state index in [-0.39, 0.29) is 18.3 Å². The predicted molar refractivity (Wildman–Crippen MR) is 110 cm³/mol. The topological polar surface area (TPSA) is 92.9 Å². The number of halogens is 1. The summed E-state index contributed by atoms with van der Waals surface area (Å²) < 4.78 is 33.0. The zero-order chi connectivity index (χ0) is 19.7. The number of benzene rings is 1. The van der Waals surface area contributed by atoms with E-state index in [0.29, 0.717) is 63.7 Å². The molecule has 2 aliphatic heterocycles. The maximum absolute atomic E-state index is 13.1. The number of ether oxygens (including phenoxy) is 1. The van der Waals surface area contributed by atoms with Crippen molar-refractivity contribution in [1.82, 2.24) is 9.21 Å². The Hall–Kier alpha value is -1.19. The number of nitrogens with two attached hydrogens (primary N) is 1. The molecule has 0 aromatic heterocycles. The minimum atomic E-state index is -3.56. The van der Waals surface area contributed by atoms with Crippen LogP contribution >= 0.6 is 12.4 Å². The van der Waals surface area contributed by atoms with Crippen LogP contribution in [0.3, 0.4) is 0 Å². The third-order valence-corrected chi connectivity index (χ3v) is 7.82. The Labute approximate surface area is 173 Å². The van der Waals surface area contributed by atoms with Gasteiger partial charge in [-0.2, -0.15) is 4.31 Å². The third kappa shape index (κ3) is 4.36. The van der Waals surface area contributed by atoms with Crippen molar-refractivity contribution in [2.24, 2.45) is 11.1 Å². The Morgan fingerprint density at radius 3 is 2.32 bits per heavy atom. The first-order valence-corrected chi connectivity index (χ1v) is 10.9. The van der Waals surface area contributed by atoms with E-state index in [0.717, 1.165) is 11.1 Å². The largest absolute Gasteiger partial charge is 0.381 e. The van der Waals surface area contributed by atoms with Crippen molar-refractivity contribution in [2.45, 2.75) is 31.6 Å². The van der Waals surface area contributed by atoms with Gasteiger partial charge >= 0.3 is 0 Å². The molecule has 0 spiro atoms. The smallest absolute Gasteiger partial charge is 0.243 e. The number of piperazine rings is 1. The Morgan fingerprint density at radius 2 is 1.75 bits per heavy atom. The van der Waals surface area contributed by atoms with Gasteiger partial charge in [-0.25, -0.2) is 8.42 Å². The number of nitrogens with zero attached hydrogens (tertiary/aromatic N) is 2. The zero-order valence-electron chi connectivity index (χ0n) is 16.5. The number of carbonyl (C=O) groups is 1. The molecule has 1 amide bonds. The summed E-state index contributed by atoms with van der Waals surface area (Å²) in [5.74, 6) is 0.0390. The van der Waals surface area contributed by atoms with E-state index in [4.69, 9.17) is 10.5 Å². The second kappa shape index (κ2) is 9.09. The maximum atomic E-state index is 13.1. The first-order valence-electron chi connectivity index (χ1n) is 9.45. The van der Waals surface area contributed by atoms with E-state index in [2.05, 4.69) is 0 Å². The lowest BCUT2D eigenvalue weighted by atomic mass is 9.78. The fraction of sp³-hybridized carbons (Fsp3) is 0.632. The molecule has 0 radical (unpaired) electrons. The van der Waals surface area contributed by atoms with Gasteiger partial charge in [-0.1, -0.05) is 12.1 Å². The normalized spacial score (nSPS) is 20.5. The summed E-state index contributed by atoms with van der Waals surface area (Å²) in [6.07, 6.45) is 1.26. The molecule has 0 atom stereocenters. The van der Waals surface area contributed by atoms with Gasteiger partial charge in [0.15, 0.2) is 0 Å². The number of rotatable bonds is 4. The highest BCUT2D eigenvalue weighted by atomic mass is 35.5. The SMILES string of the molecule is Cc1ccc(C)c(S(=O)(=O)N2CCN(C(=O)C3(CN)CCOCC3)CC2)c1.Cl. The van der Waals surface area contributed by atoms with Crippen LogP contribution in [-0.4, -0.2) is 69.5 Å². The fourth-order valence-electron chi connectivity index (χ4n) is 3.86. The lowest BCUT2D eigenvalue weighted by Crippen LogP contribution is -2.57. The fourth-order valence-corrected chi connectivity index (χ4v) is 5.59. The van der Waals surface area contributed by atoms with E-state index >= 15 is 0 Å². The molecule has 9 heteroatoms. The Bertz CT molecular complexity index is 801. The van der Waals surface area contributed by atoms with Gasteiger partial charge in [0, 0.05) is 45.9 Å². The summed E-state index contributed by atoms with van der Waals surface area (Å²) >= 11 is 0. The minimum Gasteiger partial charge on any atom is -0.381 e. The van der Waals surface area contributed by atoms with Crippen molar-refractivity contribution in [1.29, 1.82) is 0 Å². The molecule has 3 rings (SSSR count). The van der Waals surface area contributed by atoms with Crippen LogP contribution in [0, 0.1) is 19.3 Å². The molecule has 2 saturated heterocycles. The van der Waals surface area contributed by atoms with Crippen molar-refractivity contribution in [3.8, 4) is 0 Å². The van der Waals surface area contributed by atoms with Crippen molar-refractivity contribution >= 4 is 28.3 Å². The van der Waals surface area contributed by atoms with Gasteiger partial charge in [-0.15, -0.1) is 12.4 Å². The van der Waals surface area contributed by atoms with Gasteiger partial charge in [-0.3, -0.25) is 4.79 Å². The molecule has 1 aromatic carbocycles. The molecule has 0 aliphatic carbocycles. The molecule has 158 valence electrons. The molecular weight excluding hydrogens is 402 g/mol. The van der Waals surface area contributed by atoms with Gasteiger partial charge in [0.05, 0.1) is 10.3 Å². The van der Waals surface area contributed by atoms with Crippen molar-refractivity contribution in [3.63, 3.8) is 0 Å². The van der Waals surface area contributed by atoms with Crippen molar-refractivity contribution < 1.29 is 17.9 Å². The van der Waals surface area contributed by atoms with Gasteiger partial charge < -0.3 is 15.4 Å². The highest BCUT2D eigenvalue weighted by Gasteiger charge is 2.43. The highest BCUT2D eigenvalue weighted by Crippen LogP contribution is 2.32. The van der Waals surface area contributed by atoms with E-state index in [1.165, 1.54) is 4.31 Å². The van der Waals surface area contributed by atoms with E-state index in [9.17, 15) is 13.2 Å². The number of hydrogen-bond donors (Lipinski definition) is 1. The van der Waals surface area contributed by atoms with Crippen molar-refractivity contribution in [2.75, 3.05) is 45.9 Å². The molecule has 0 bridgehead atoms. The summed E-state index contributed by atoms with van der Waals surface area (Å²) in [5, 5.41) is 0. The number of sulfonamides is 1.